The molecule has 4 aromatic rings. The van der Waals surface area contributed by atoms with E-state index in [1.807, 2.05) is 43.3 Å². The van der Waals surface area contributed by atoms with Gasteiger partial charge in [-0.25, -0.2) is 0 Å². The van der Waals surface area contributed by atoms with Gasteiger partial charge in [-0.3, -0.25) is 14.9 Å². The van der Waals surface area contributed by atoms with Gasteiger partial charge in [0.2, 0.25) is 0 Å². The van der Waals surface area contributed by atoms with Crippen LogP contribution in [0, 0.1) is 10.1 Å². The molecule has 1 N–H and O–H groups in total. The molecule has 0 saturated heterocycles. The maximum absolute atomic E-state index is 13.8. The molecule has 192 valence electrons. The zero-order valence-corrected chi connectivity index (χ0v) is 21.5. The molecule has 1 atom stereocenters. The number of fused-ring (bicyclic) bond motifs is 4. The van der Waals surface area contributed by atoms with Crippen molar-refractivity contribution in [2.45, 2.75) is 5.92 Å². The van der Waals surface area contributed by atoms with Crippen LogP contribution in [0.15, 0.2) is 48.5 Å². The van der Waals surface area contributed by atoms with E-state index in [0.29, 0.717) is 41.4 Å². The SMILES string of the molecule is COc1cc2cc(C(=O)N3CC(CCl)c4c3cc([N+](=O)[O-])c3ccccc43)[nH]c2cc1OCCN(C)C. The zero-order chi connectivity index (χ0) is 26.3. The van der Waals surface area contributed by atoms with Gasteiger partial charge >= 0.3 is 0 Å². The standard InChI is InChI=1S/C27H27ClN4O5/c1-30(2)8-9-37-25-12-20-16(11-24(25)36-3)10-21(29-20)27(33)31-15-17(14-28)26-19-7-5-4-6-18(19)22(32(34)35)13-23(26)31/h4-7,10-13,17,29H,8-9,14-15H2,1-3H3. The summed E-state index contributed by atoms with van der Waals surface area (Å²) in [7, 11) is 5.51. The van der Waals surface area contributed by atoms with Crippen LogP contribution < -0.4 is 14.4 Å². The van der Waals surface area contributed by atoms with E-state index in [1.54, 1.807) is 30.2 Å². The molecule has 1 aliphatic rings. The Morgan fingerprint density at radius 3 is 2.62 bits per heavy atom. The number of nitrogens with zero attached hydrogens (tertiary/aromatic N) is 3. The quantitative estimate of drug-likeness (QED) is 0.195. The van der Waals surface area contributed by atoms with E-state index in [9.17, 15) is 14.9 Å². The topological polar surface area (TPSA) is 101 Å². The summed E-state index contributed by atoms with van der Waals surface area (Å²) in [5.74, 6) is 1.00. The summed E-state index contributed by atoms with van der Waals surface area (Å²) in [6.07, 6.45) is 0. The van der Waals surface area contributed by atoms with E-state index < -0.39 is 4.92 Å². The minimum Gasteiger partial charge on any atom is -0.493 e. The third kappa shape index (κ3) is 4.45. The van der Waals surface area contributed by atoms with Crippen molar-refractivity contribution in [1.82, 2.24) is 9.88 Å². The lowest BCUT2D eigenvalue weighted by atomic mass is 9.95. The number of alkyl halides is 1. The number of hydrogen-bond acceptors (Lipinski definition) is 6. The number of nitro groups is 1. The normalized spacial score (nSPS) is 14.9. The van der Waals surface area contributed by atoms with Crippen molar-refractivity contribution in [3.05, 3.63) is 69.9 Å². The monoisotopic (exact) mass is 522 g/mol. The molecule has 0 bridgehead atoms. The third-order valence-electron chi connectivity index (χ3n) is 6.70. The van der Waals surface area contributed by atoms with Crippen LogP contribution in [-0.4, -0.2) is 67.5 Å². The first-order valence-electron chi connectivity index (χ1n) is 11.9. The highest BCUT2D eigenvalue weighted by atomic mass is 35.5. The third-order valence-corrected chi connectivity index (χ3v) is 7.08. The summed E-state index contributed by atoms with van der Waals surface area (Å²) >= 11 is 6.32. The number of aromatic nitrogens is 1. The highest BCUT2D eigenvalue weighted by molar-refractivity contribution is 6.19. The summed E-state index contributed by atoms with van der Waals surface area (Å²) in [5.41, 5.74) is 2.42. The Balaban J connectivity index is 1.55. The summed E-state index contributed by atoms with van der Waals surface area (Å²) in [6.45, 7) is 1.56. The number of carbonyl (C=O) groups excluding carboxylic acids is 1. The predicted molar refractivity (Wildman–Crippen MR) is 145 cm³/mol. The number of ether oxygens (including phenoxy) is 2. The van der Waals surface area contributed by atoms with Crippen LogP contribution in [0.5, 0.6) is 11.5 Å². The maximum Gasteiger partial charge on any atom is 0.279 e. The van der Waals surface area contributed by atoms with E-state index in [-0.39, 0.29) is 23.4 Å². The molecule has 10 heteroatoms. The number of carbonyl (C=O) groups is 1. The highest BCUT2D eigenvalue weighted by Crippen LogP contribution is 2.46. The van der Waals surface area contributed by atoms with Gasteiger partial charge in [-0.2, -0.15) is 0 Å². The Morgan fingerprint density at radius 1 is 1.19 bits per heavy atom. The molecule has 1 amide bonds. The molecule has 1 unspecified atom stereocenters. The molecule has 5 rings (SSSR count). The van der Waals surface area contributed by atoms with E-state index in [4.69, 9.17) is 21.1 Å². The number of amides is 1. The Hall–Kier alpha value is -3.82. The van der Waals surface area contributed by atoms with Gasteiger partial charge in [-0.1, -0.05) is 18.2 Å². The molecule has 1 aromatic heterocycles. The van der Waals surface area contributed by atoms with E-state index >= 15 is 0 Å². The fourth-order valence-electron chi connectivity index (χ4n) is 4.91. The molecule has 1 aliphatic heterocycles. The van der Waals surface area contributed by atoms with Crippen molar-refractivity contribution in [3.8, 4) is 11.5 Å². The first kappa shape index (κ1) is 24.9. The Labute approximate surface area is 218 Å². The Bertz CT molecular complexity index is 1520. The van der Waals surface area contributed by atoms with Gasteiger partial charge in [0.05, 0.1) is 23.1 Å². The van der Waals surface area contributed by atoms with Crippen molar-refractivity contribution in [3.63, 3.8) is 0 Å². The number of nitrogens with one attached hydrogen (secondary N) is 1. The van der Waals surface area contributed by atoms with E-state index in [1.165, 1.54) is 6.07 Å². The van der Waals surface area contributed by atoms with Crippen molar-refractivity contribution in [1.29, 1.82) is 0 Å². The maximum atomic E-state index is 13.8. The number of hydrogen-bond donors (Lipinski definition) is 1. The molecular formula is C27H27ClN4O5. The van der Waals surface area contributed by atoms with Crippen LogP contribution in [-0.2, 0) is 0 Å². The first-order chi connectivity index (χ1) is 17.8. The van der Waals surface area contributed by atoms with Crippen LogP contribution >= 0.6 is 11.6 Å². The number of rotatable bonds is 8. The zero-order valence-electron chi connectivity index (χ0n) is 20.8. The second-order valence-electron chi connectivity index (χ2n) is 9.32. The molecule has 2 heterocycles. The summed E-state index contributed by atoms with van der Waals surface area (Å²) in [6, 6.07) is 14.1. The number of non-ortho nitro benzene ring substituents is 1. The molecule has 3 aromatic carbocycles. The largest absolute Gasteiger partial charge is 0.493 e. The molecule has 0 saturated carbocycles. The first-order valence-corrected chi connectivity index (χ1v) is 12.4. The van der Waals surface area contributed by atoms with Crippen LogP contribution in [0.2, 0.25) is 0 Å². The van der Waals surface area contributed by atoms with Gasteiger partial charge < -0.3 is 24.3 Å². The van der Waals surface area contributed by atoms with Crippen LogP contribution in [0.1, 0.15) is 22.0 Å². The molecule has 0 fully saturated rings. The van der Waals surface area contributed by atoms with E-state index in [2.05, 4.69) is 4.98 Å². The molecular weight excluding hydrogens is 496 g/mol. The van der Waals surface area contributed by atoms with Crippen molar-refractivity contribution >= 4 is 50.6 Å². The summed E-state index contributed by atoms with van der Waals surface area (Å²) < 4.78 is 11.4. The lowest BCUT2D eigenvalue weighted by molar-refractivity contribution is -0.383. The lowest BCUT2D eigenvalue weighted by Crippen LogP contribution is -2.30. The lowest BCUT2D eigenvalue weighted by Gasteiger charge is -2.17. The summed E-state index contributed by atoms with van der Waals surface area (Å²) in [4.78, 5) is 32.0. The van der Waals surface area contributed by atoms with Crippen LogP contribution in [0.4, 0.5) is 11.4 Å². The number of benzene rings is 3. The van der Waals surface area contributed by atoms with Gasteiger partial charge in [-0.15, -0.1) is 11.6 Å². The van der Waals surface area contributed by atoms with Crippen molar-refractivity contribution in [2.24, 2.45) is 0 Å². The number of nitro benzene ring substituents is 1. The number of H-pyrrole nitrogens is 1. The molecule has 37 heavy (non-hydrogen) atoms. The number of halogens is 1. The molecule has 0 spiro atoms. The van der Waals surface area contributed by atoms with Gasteiger partial charge in [0.15, 0.2) is 11.5 Å². The Morgan fingerprint density at radius 2 is 1.95 bits per heavy atom. The van der Waals surface area contributed by atoms with Crippen molar-refractivity contribution in [2.75, 3.05) is 51.7 Å². The number of anilines is 1. The minimum atomic E-state index is -0.410. The van der Waals surface area contributed by atoms with Gasteiger partial charge in [0.25, 0.3) is 11.6 Å². The van der Waals surface area contributed by atoms with Gasteiger partial charge in [-0.05, 0) is 43.2 Å². The number of aromatic amines is 1. The fraction of sp³-hybridized carbons (Fsp3) is 0.296. The average Bonchev–Trinajstić information content (AvgIpc) is 3.48. The number of likely N-dealkylation sites (N-methyl/N-ethyl adjacent to an activating group) is 1. The molecule has 9 nitrogen and oxygen atoms in total. The predicted octanol–water partition coefficient (Wildman–Crippen LogP) is 5.16. The van der Waals surface area contributed by atoms with Crippen LogP contribution in [0.25, 0.3) is 21.7 Å². The minimum absolute atomic E-state index is 0.0386. The van der Waals surface area contributed by atoms with Gasteiger partial charge in [0, 0.05) is 47.9 Å². The summed E-state index contributed by atoms with van der Waals surface area (Å²) in [5, 5.41) is 13.9. The van der Waals surface area contributed by atoms with E-state index in [0.717, 1.165) is 28.4 Å². The number of methoxy groups -OCH3 is 1. The average molecular weight is 523 g/mol. The van der Waals surface area contributed by atoms with Gasteiger partial charge in [0.1, 0.15) is 12.3 Å². The Kier molecular flexibility index (Phi) is 6.66. The highest BCUT2D eigenvalue weighted by Gasteiger charge is 2.37. The van der Waals surface area contributed by atoms with Crippen molar-refractivity contribution < 1.29 is 19.2 Å². The fourth-order valence-corrected chi connectivity index (χ4v) is 5.16. The smallest absolute Gasteiger partial charge is 0.279 e. The molecule has 0 radical (unpaired) electrons. The molecule has 0 aliphatic carbocycles. The second kappa shape index (κ2) is 9.91. The second-order valence-corrected chi connectivity index (χ2v) is 9.63. The van der Waals surface area contributed by atoms with Crippen LogP contribution in [0.3, 0.4) is 0 Å².